The maximum atomic E-state index is 12.6. The van der Waals surface area contributed by atoms with Crippen molar-refractivity contribution in [1.82, 2.24) is 18.9 Å². The molecule has 148 valence electrons. The Morgan fingerprint density at radius 1 is 1.22 bits per heavy atom. The zero-order valence-corrected chi connectivity index (χ0v) is 15.5. The number of carbonyl (C=O) groups excluding carboxylic acids is 2. The lowest BCUT2D eigenvalue weighted by Gasteiger charge is -2.28. The first-order valence-electron chi connectivity index (χ1n) is 8.74. The number of likely N-dealkylation sites (tertiary alicyclic amines) is 1. The molecule has 0 saturated carbocycles. The predicted molar refractivity (Wildman–Crippen MR) is 95.2 cm³/mol. The van der Waals surface area contributed by atoms with E-state index < -0.39 is 17.2 Å². The van der Waals surface area contributed by atoms with Crippen LogP contribution >= 0.6 is 0 Å². The van der Waals surface area contributed by atoms with Gasteiger partial charge in [0.05, 0.1) is 0 Å². The Balaban J connectivity index is 2.05. The summed E-state index contributed by atoms with van der Waals surface area (Å²) in [6.07, 6.45) is 3.01. The summed E-state index contributed by atoms with van der Waals surface area (Å²) in [5.74, 6) is -1.64. The van der Waals surface area contributed by atoms with Crippen LogP contribution in [-0.2, 0) is 28.0 Å². The second kappa shape index (κ2) is 8.65. The lowest BCUT2D eigenvalue weighted by atomic mass is 10.1. The number of hydrogen-bond acceptors (Lipinski definition) is 5. The fraction of sp³-hybridized carbons (Fsp3) is 0.588. The quantitative estimate of drug-likeness (QED) is 0.689. The Morgan fingerprint density at radius 2 is 1.93 bits per heavy atom. The molecule has 0 spiro atoms. The van der Waals surface area contributed by atoms with E-state index in [1.54, 1.807) is 4.90 Å². The number of aliphatic carboxylic acids is 1. The van der Waals surface area contributed by atoms with Crippen LogP contribution in [0.3, 0.4) is 0 Å². The van der Waals surface area contributed by atoms with Gasteiger partial charge in [-0.15, -0.1) is 0 Å². The maximum absolute atomic E-state index is 12.6. The van der Waals surface area contributed by atoms with Crippen molar-refractivity contribution >= 4 is 17.8 Å². The summed E-state index contributed by atoms with van der Waals surface area (Å²) in [5.41, 5.74) is -1.00. The van der Waals surface area contributed by atoms with Gasteiger partial charge in [-0.05, 0) is 19.3 Å². The largest absolute Gasteiger partial charge is 0.480 e. The normalized spacial score (nSPS) is 17.3. The highest BCUT2D eigenvalue weighted by atomic mass is 16.4. The van der Waals surface area contributed by atoms with Crippen molar-refractivity contribution in [2.24, 2.45) is 7.05 Å². The van der Waals surface area contributed by atoms with Crippen LogP contribution in [0, 0.1) is 0 Å². The minimum atomic E-state index is -1.07. The van der Waals surface area contributed by atoms with E-state index in [1.165, 1.54) is 35.7 Å². The molecule has 2 amide bonds. The Bertz CT molecular complexity index is 843. The monoisotopic (exact) mass is 380 g/mol. The van der Waals surface area contributed by atoms with Crippen molar-refractivity contribution in [2.45, 2.75) is 38.8 Å². The molecule has 1 fully saturated rings. The van der Waals surface area contributed by atoms with Gasteiger partial charge >= 0.3 is 11.7 Å². The Morgan fingerprint density at radius 3 is 2.56 bits per heavy atom. The molecule has 2 rings (SSSR count). The third-order valence-corrected chi connectivity index (χ3v) is 4.77. The number of aromatic nitrogens is 2. The number of carbonyl (C=O) groups is 3. The minimum Gasteiger partial charge on any atom is -0.480 e. The molecule has 1 unspecified atom stereocenters. The molecule has 0 bridgehead atoms. The number of carboxylic acid groups (broad SMARTS) is 1. The van der Waals surface area contributed by atoms with Gasteiger partial charge in [0, 0.05) is 45.4 Å². The second-order valence-corrected chi connectivity index (χ2v) is 6.63. The summed E-state index contributed by atoms with van der Waals surface area (Å²) >= 11 is 0. The lowest BCUT2D eigenvalue weighted by Crippen LogP contribution is -2.44. The number of carboxylic acids is 1. The molecule has 1 saturated heterocycles. The fourth-order valence-electron chi connectivity index (χ4n) is 3.27. The van der Waals surface area contributed by atoms with E-state index in [1.807, 2.05) is 0 Å². The van der Waals surface area contributed by atoms with Crippen molar-refractivity contribution in [3.8, 4) is 0 Å². The van der Waals surface area contributed by atoms with Gasteiger partial charge in [0.1, 0.15) is 13.1 Å². The van der Waals surface area contributed by atoms with Crippen LogP contribution in [0.15, 0.2) is 21.9 Å². The SMILES string of the molecule is CC(=O)N(CC(=O)O)C1CCCN(C(=O)Cn2ccc(=O)n(C)c2=O)CC1. The highest BCUT2D eigenvalue weighted by Crippen LogP contribution is 2.17. The Labute approximate surface area is 155 Å². The Kier molecular flexibility index (Phi) is 6.54. The molecule has 10 heteroatoms. The van der Waals surface area contributed by atoms with E-state index in [2.05, 4.69) is 0 Å². The first-order chi connectivity index (χ1) is 12.7. The van der Waals surface area contributed by atoms with E-state index in [0.29, 0.717) is 32.4 Å². The molecule has 10 nitrogen and oxygen atoms in total. The minimum absolute atomic E-state index is 0.177. The number of amides is 2. The molecular formula is C17H24N4O6. The van der Waals surface area contributed by atoms with Crippen LogP contribution in [-0.4, -0.2) is 67.5 Å². The number of hydrogen-bond donors (Lipinski definition) is 1. The van der Waals surface area contributed by atoms with Crippen LogP contribution < -0.4 is 11.2 Å². The first-order valence-corrected chi connectivity index (χ1v) is 8.74. The van der Waals surface area contributed by atoms with E-state index in [0.717, 1.165) is 4.57 Å². The molecule has 1 aliphatic rings. The van der Waals surface area contributed by atoms with Gasteiger partial charge in [-0.2, -0.15) is 0 Å². The summed E-state index contributed by atoms with van der Waals surface area (Å²) < 4.78 is 2.11. The van der Waals surface area contributed by atoms with Gasteiger partial charge in [0.2, 0.25) is 11.8 Å². The molecule has 1 atom stereocenters. The average Bonchev–Trinajstić information content (AvgIpc) is 2.86. The van der Waals surface area contributed by atoms with E-state index in [-0.39, 0.29) is 30.9 Å². The molecule has 0 aromatic carbocycles. The second-order valence-electron chi connectivity index (χ2n) is 6.63. The van der Waals surface area contributed by atoms with E-state index in [4.69, 9.17) is 5.11 Å². The van der Waals surface area contributed by atoms with Crippen LogP contribution in [0.25, 0.3) is 0 Å². The van der Waals surface area contributed by atoms with Gasteiger partial charge in [0.15, 0.2) is 0 Å². The molecular weight excluding hydrogens is 356 g/mol. The van der Waals surface area contributed by atoms with Crippen molar-refractivity contribution < 1.29 is 19.5 Å². The standard InChI is InChI=1S/C17H24N4O6/c1-12(22)21(11-16(25)26)13-4-3-7-19(8-5-13)15(24)10-20-9-6-14(23)18(2)17(20)27/h6,9,13H,3-5,7-8,10-11H2,1-2H3,(H,25,26). The highest BCUT2D eigenvalue weighted by molar-refractivity contribution is 5.80. The van der Waals surface area contributed by atoms with Crippen LogP contribution in [0.1, 0.15) is 26.2 Å². The fourth-order valence-corrected chi connectivity index (χ4v) is 3.27. The zero-order valence-electron chi connectivity index (χ0n) is 15.5. The average molecular weight is 380 g/mol. The van der Waals surface area contributed by atoms with Gasteiger partial charge in [-0.25, -0.2) is 4.79 Å². The summed E-state index contributed by atoms with van der Waals surface area (Å²) in [6.45, 7) is 1.63. The molecule has 27 heavy (non-hydrogen) atoms. The molecule has 0 radical (unpaired) electrons. The molecule has 1 aromatic heterocycles. The van der Waals surface area contributed by atoms with Crippen LogP contribution in [0.2, 0.25) is 0 Å². The first kappa shape index (κ1) is 20.4. The summed E-state index contributed by atoms with van der Waals surface area (Å²) in [5, 5.41) is 8.99. The summed E-state index contributed by atoms with van der Waals surface area (Å²) in [6, 6.07) is 0.987. The van der Waals surface area contributed by atoms with E-state index in [9.17, 15) is 24.0 Å². The number of rotatable bonds is 5. The third-order valence-electron chi connectivity index (χ3n) is 4.77. The van der Waals surface area contributed by atoms with Crippen molar-refractivity contribution in [1.29, 1.82) is 0 Å². The van der Waals surface area contributed by atoms with Gasteiger partial charge in [0.25, 0.3) is 5.56 Å². The molecule has 1 N–H and O–H groups in total. The molecule has 1 aromatic rings. The third kappa shape index (κ3) is 5.05. The van der Waals surface area contributed by atoms with E-state index >= 15 is 0 Å². The molecule has 2 heterocycles. The molecule has 0 aliphatic carbocycles. The van der Waals surface area contributed by atoms with Crippen molar-refractivity contribution in [3.05, 3.63) is 33.1 Å². The summed E-state index contributed by atoms with van der Waals surface area (Å²) in [7, 11) is 1.35. The van der Waals surface area contributed by atoms with Crippen molar-refractivity contribution in [2.75, 3.05) is 19.6 Å². The van der Waals surface area contributed by atoms with Crippen LogP contribution in [0.5, 0.6) is 0 Å². The number of nitrogens with zero attached hydrogens (tertiary/aromatic N) is 4. The van der Waals surface area contributed by atoms with Crippen molar-refractivity contribution in [3.63, 3.8) is 0 Å². The van der Waals surface area contributed by atoms with Gasteiger partial charge < -0.3 is 14.9 Å². The zero-order chi connectivity index (χ0) is 20.1. The topological polar surface area (TPSA) is 122 Å². The maximum Gasteiger partial charge on any atom is 0.331 e. The lowest BCUT2D eigenvalue weighted by molar-refractivity contribution is -0.145. The summed E-state index contributed by atoms with van der Waals surface area (Å²) in [4.78, 5) is 61.7. The molecule has 1 aliphatic heterocycles. The smallest absolute Gasteiger partial charge is 0.331 e. The van der Waals surface area contributed by atoms with Crippen LogP contribution in [0.4, 0.5) is 0 Å². The van der Waals surface area contributed by atoms with Gasteiger partial charge in [-0.3, -0.25) is 28.3 Å². The predicted octanol–water partition coefficient (Wildman–Crippen LogP) is -1.14. The Hall–Kier alpha value is -2.91. The van der Waals surface area contributed by atoms with Gasteiger partial charge in [-0.1, -0.05) is 0 Å². The highest BCUT2D eigenvalue weighted by Gasteiger charge is 2.27.